The Hall–Kier alpha value is -1.06. The molecule has 0 aliphatic heterocycles. The van der Waals surface area contributed by atoms with Crippen LogP contribution < -0.4 is 0 Å². The zero-order chi connectivity index (χ0) is 18.2. The third kappa shape index (κ3) is 8.09. The molecule has 0 unspecified atom stereocenters. The average Bonchev–Trinajstić information content (AvgIpc) is 3.53. The smallest absolute Gasteiger partial charge is 0.306 e. The third-order valence-corrected chi connectivity index (χ3v) is 6.31. The molecule has 0 aromatic heterocycles. The fourth-order valence-corrected chi connectivity index (χ4v) is 4.16. The van der Waals surface area contributed by atoms with E-state index >= 15 is 0 Å². The van der Waals surface area contributed by atoms with Crippen LogP contribution >= 0.6 is 0 Å². The minimum absolute atomic E-state index is 0.0284. The van der Waals surface area contributed by atoms with Crippen LogP contribution in [0.1, 0.15) is 89.9 Å². The fourth-order valence-electron chi connectivity index (χ4n) is 4.16. The Morgan fingerprint density at radius 3 is 1.27 bits per heavy atom. The Bertz CT molecular complexity index is 403. The number of rotatable bonds is 12. The van der Waals surface area contributed by atoms with E-state index in [1.54, 1.807) is 0 Å². The second-order valence-electron chi connectivity index (χ2n) is 8.91. The fraction of sp³-hybridized carbons (Fsp3) is 0.909. The van der Waals surface area contributed by atoms with Gasteiger partial charge in [0.25, 0.3) is 0 Å². The van der Waals surface area contributed by atoms with Gasteiger partial charge in [-0.25, -0.2) is 0 Å². The lowest BCUT2D eigenvalue weighted by Gasteiger charge is -2.27. The maximum atomic E-state index is 11.9. The molecule has 0 aromatic carbocycles. The van der Waals surface area contributed by atoms with Gasteiger partial charge in [0, 0.05) is 12.8 Å². The highest BCUT2D eigenvalue weighted by Crippen LogP contribution is 2.35. The van der Waals surface area contributed by atoms with E-state index in [-0.39, 0.29) is 11.9 Å². The Morgan fingerprint density at radius 1 is 0.577 bits per heavy atom. The molecule has 0 heterocycles. The lowest BCUT2D eigenvalue weighted by Crippen LogP contribution is -2.21. The number of hydrogen-bond donors (Lipinski definition) is 0. The molecule has 3 aliphatic rings. The van der Waals surface area contributed by atoms with Gasteiger partial charge < -0.3 is 9.47 Å². The summed E-state index contributed by atoms with van der Waals surface area (Å²) >= 11 is 0. The molecule has 0 N–H and O–H groups in total. The molecule has 0 aromatic rings. The van der Waals surface area contributed by atoms with E-state index in [2.05, 4.69) is 0 Å². The monoisotopic (exact) mass is 364 g/mol. The van der Waals surface area contributed by atoms with Crippen molar-refractivity contribution < 1.29 is 19.1 Å². The van der Waals surface area contributed by atoms with Crippen molar-refractivity contribution in [1.29, 1.82) is 0 Å². The summed E-state index contributed by atoms with van der Waals surface area (Å²) in [4.78, 5) is 23.9. The summed E-state index contributed by atoms with van der Waals surface area (Å²) < 4.78 is 10.8. The molecule has 0 saturated heterocycles. The number of hydrogen-bond acceptors (Lipinski definition) is 4. The van der Waals surface area contributed by atoms with Crippen molar-refractivity contribution in [3.8, 4) is 0 Å². The van der Waals surface area contributed by atoms with Gasteiger partial charge in [0.15, 0.2) is 0 Å². The first-order valence-corrected chi connectivity index (χ1v) is 11.0. The van der Waals surface area contributed by atoms with Crippen LogP contribution in [0.25, 0.3) is 0 Å². The van der Waals surface area contributed by atoms with Gasteiger partial charge in [-0.05, 0) is 75.0 Å². The van der Waals surface area contributed by atoms with E-state index in [0.29, 0.717) is 37.9 Å². The van der Waals surface area contributed by atoms with Crippen LogP contribution in [0.5, 0.6) is 0 Å². The van der Waals surface area contributed by atoms with E-state index in [4.69, 9.17) is 9.47 Å². The molecule has 3 rings (SSSR count). The van der Waals surface area contributed by atoms with Gasteiger partial charge >= 0.3 is 11.9 Å². The molecular formula is C22H36O4. The van der Waals surface area contributed by atoms with Crippen LogP contribution in [-0.4, -0.2) is 25.2 Å². The second-order valence-corrected chi connectivity index (χ2v) is 8.91. The number of carbonyl (C=O) groups is 2. The van der Waals surface area contributed by atoms with Crippen LogP contribution in [0.2, 0.25) is 0 Å². The summed E-state index contributed by atoms with van der Waals surface area (Å²) in [6, 6.07) is 0. The highest BCUT2D eigenvalue weighted by atomic mass is 16.5. The predicted molar refractivity (Wildman–Crippen MR) is 101 cm³/mol. The maximum absolute atomic E-state index is 11.9. The van der Waals surface area contributed by atoms with E-state index in [0.717, 1.165) is 50.4 Å². The minimum atomic E-state index is -0.0284. The summed E-state index contributed by atoms with van der Waals surface area (Å²) in [5.74, 6) is 2.65. The van der Waals surface area contributed by atoms with E-state index in [1.807, 2.05) is 0 Å². The van der Waals surface area contributed by atoms with Gasteiger partial charge in [-0.15, -0.1) is 0 Å². The molecule has 3 fully saturated rings. The normalized spacial score (nSPS) is 25.7. The standard InChI is InChI=1S/C22H36O4/c23-21(25-13-1-3-17-5-6-17)15-19-9-11-20(12-10-19)16-22(24)26-14-2-4-18-7-8-18/h17-20H,1-16H2. The number of carbonyl (C=O) groups excluding carboxylic acids is 2. The third-order valence-electron chi connectivity index (χ3n) is 6.31. The summed E-state index contributed by atoms with van der Waals surface area (Å²) in [5.41, 5.74) is 0. The Morgan fingerprint density at radius 2 is 0.923 bits per heavy atom. The molecule has 4 heteroatoms. The highest BCUT2D eigenvalue weighted by Gasteiger charge is 2.26. The summed E-state index contributed by atoms with van der Waals surface area (Å²) in [6.07, 6.45) is 15.2. The Labute approximate surface area is 158 Å². The van der Waals surface area contributed by atoms with Crippen LogP contribution in [0.4, 0.5) is 0 Å². The molecule has 26 heavy (non-hydrogen) atoms. The van der Waals surface area contributed by atoms with Gasteiger partial charge in [-0.1, -0.05) is 25.7 Å². The molecule has 148 valence electrons. The summed E-state index contributed by atoms with van der Waals surface area (Å²) in [5, 5.41) is 0. The molecule has 0 bridgehead atoms. The van der Waals surface area contributed by atoms with Gasteiger partial charge in [-0.3, -0.25) is 9.59 Å². The zero-order valence-corrected chi connectivity index (χ0v) is 16.3. The van der Waals surface area contributed by atoms with Crippen LogP contribution in [0.3, 0.4) is 0 Å². The van der Waals surface area contributed by atoms with E-state index in [9.17, 15) is 9.59 Å². The highest BCUT2D eigenvalue weighted by molar-refractivity contribution is 5.70. The second kappa shape index (κ2) is 10.3. The van der Waals surface area contributed by atoms with Crippen LogP contribution in [-0.2, 0) is 19.1 Å². The molecule has 4 nitrogen and oxygen atoms in total. The van der Waals surface area contributed by atoms with Crippen molar-refractivity contribution in [2.24, 2.45) is 23.7 Å². The molecule has 3 saturated carbocycles. The summed E-state index contributed by atoms with van der Waals surface area (Å²) in [7, 11) is 0. The van der Waals surface area contributed by atoms with Crippen molar-refractivity contribution in [1.82, 2.24) is 0 Å². The van der Waals surface area contributed by atoms with Crippen molar-refractivity contribution >= 4 is 11.9 Å². The van der Waals surface area contributed by atoms with Crippen LogP contribution in [0.15, 0.2) is 0 Å². The quantitative estimate of drug-likeness (QED) is 0.359. The molecule has 0 radical (unpaired) electrons. The molecule has 0 spiro atoms. The minimum Gasteiger partial charge on any atom is -0.466 e. The first kappa shape index (κ1) is 19.7. The van der Waals surface area contributed by atoms with Gasteiger partial charge in [-0.2, -0.15) is 0 Å². The van der Waals surface area contributed by atoms with Gasteiger partial charge in [0.1, 0.15) is 0 Å². The number of ether oxygens (including phenoxy) is 2. The van der Waals surface area contributed by atoms with E-state index in [1.165, 1.54) is 38.5 Å². The largest absolute Gasteiger partial charge is 0.466 e. The van der Waals surface area contributed by atoms with Crippen LogP contribution in [0, 0.1) is 23.7 Å². The van der Waals surface area contributed by atoms with Gasteiger partial charge in [0.05, 0.1) is 13.2 Å². The van der Waals surface area contributed by atoms with Crippen molar-refractivity contribution in [3.63, 3.8) is 0 Å². The maximum Gasteiger partial charge on any atom is 0.306 e. The van der Waals surface area contributed by atoms with Crippen molar-refractivity contribution in [3.05, 3.63) is 0 Å². The Balaban J connectivity index is 1.18. The van der Waals surface area contributed by atoms with Crippen molar-refractivity contribution in [2.45, 2.75) is 89.9 Å². The predicted octanol–water partition coefficient (Wildman–Crippen LogP) is 5.04. The van der Waals surface area contributed by atoms with E-state index < -0.39 is 0 Å². The molecule has 0 atom stereocenters. The first-order chi connectivity index (χ1) is 12.7. The first-order valence-electron chi connectivity index (χ1n) is 11.0. The molecule has 0 amide bonds. The average molecular weight is 365 g/mol. The van der Waals surface area contributed by atoms with Crippen molar-refractivity contribution in [2.75, 3.05) is 13.2 Å². The van der Waals surface area contributed by atoms with Gasteiger partial charge in [0.2, 0.25) is 0 Å². The zero-order valence-electron chi connectivity index (χ0n) is 16.3. The molecular weight excluding hydrogens is 328 g/mol. The lowest BCUT2D eigenvalue weighted by molar-refractivity contribution is -0.147. The lowest BCUT2D eigenvalue weighted by atomic mass is 9.79. The molecule has 3 aliphatic carbocycles. The number of esters is 2. The topological polar surface area (TPSA) is 52.6 Å². The summed E-state index contributed by atoms with van der Waals surface area (Å²) in [6.45, 7) is 1.19. The SMILES string of the molecule is O=C(CC1CCC(CC(=O)OCCCC2CC2)CC1)OCCCC1CC1. The Kier molecular flexibility index (Phi) is 7.82.